The molecule has 0 heterocycles. The Balaban J connectivity index is 2.46. The lowest BCUT2D eigenvalue weighted by Gasteiger charge is -2.17. The maximum absolute atomic E-state index is 11.4. The zero-order valence-corrected chi connectivity index (χ0v) is 8.58. The Bertz CT molecular complexity index is 301. The highest BCUT2D eigenvalue weighted by Crippen LogP contribution is 2.00. The summed E-state index contributed by atoms with van der Waals surface area (Å²) < 4.78 is 0. The van der Waals surface area contributed by atoms with Crippen molar-refractivity contribution in [1.29, 1.82) is 0 Å². The molecular formula is C11H16N2O. The van der Waals surface area contributed by atoms with Gasteiger partial charge in [-0.15, -0.1) is 0 Å². The van der Waals surface area contributed by atoms with Crippen molar-refractivity contribution in [2.75, 3.05) is 0 Å². The Morgan fingerprint density at radius 1 is 1.36 bits per heavy atom. The second-order valence-corrected chi connectivity index (χ2v) is 3.89. The van der Waals surface area contributed by atoms with Crippen LogP contribution in [0.3, 0.4) is 0 Å². The van der Waals surface area contributed by atoms with Gasteiger partial charge < -0.3 is 11.1 Å². The van der Waals surface area contributed by atoms with Crippen LogP contribution in [-0.4, -0.2) is 11.4 Å². The van der Waals surface area contributed by atoms with Gasteiger partial charge in [-0.2, -0.15) is 0 Å². The highest BCUT2D eigenvalue weighted by molar-refractivity contribution is 5.84. The van der Waals surface area contributed by atoms with Gasteiger partial charge in [-0.3, -0.25) is 4.79 Å². The fraction of sp³-hybridized carbons (Fsp3) is 0.364. The summed E-state index contributed by atoms with van der Waals surface area (Å²) in [6.45, 7) is 3.90. The standard InChI is InChI=1S/C11H16N2O/c1-11(2,12)10(14)13-8-9-6-4-3-5-7-9/h3-7H,8,12H2,1-2H3,(H,13,14). The molecule has 0 aromatic heterocycles. The third-order valence-electron chi connectivity index (χ3n) is 1.88. The van der Waals surface area contributed by atoms with Crippen molar-refractivity contribution in [3.8, 4) is 0 Å². The number of carbonyl (C=O) groups excluding carboxylic acids is 1. The zero-order chi connectivity index (χ0) is 10.6. The number of hydrogen-bond acceptors (Lipinski definition) is 2. The molecule has 3 N–H and O–H groups in total. The van der Waals surface area contributed by atoms with Gasteiger partial charge in [-0.25, -0.2) is 0 Å². The van der Waals surface area contributed by atoms with Crippen LogP contribution in [-0.2, 0) is 11.3 Å². The summed E-state index contributed by atoms with van der Waals surface area (Å²) in [5, 5.41) is 2.77. The van der Waals surface area contributed by atoms with Crippen molar-refractivity contribution in [1.82, 2.24) is 5.32 Å². The largest absolute Gasteiger partial charge is 0.350 e. The predicted octanol–water partition coefficient (Wildman–Crippen LogP) is 1.04. The van der Waals surface area contributed by atoms with E-state index in [1.165, 1.54) is 0 Å². The van der Waals surface area contributed by atoms with E-state index in [0.717, 1.165) is 5.56 Å². The van der Waals surface area contributed by atoms with Crippen molar-refractivity contribution in [2.45, 2.75) is 25.9 Å². The molecule has 0 saturated heterocycles. The van der Waals surface area contributed by atoms with E-state index in [1.54, 1.807) is 13.8 Å². The Morgan fingerprint density at radius 2 is 1.93 bits per heavy atom. The summed E-state index contributed by atoms with van der Waals surface area (Å²) in [5.74, 6) is -0.138. The predicted molar refractivity (Wildman–Crippen MR) is 56.6 cm³/mol. The number of nitrogens with one attached hydrogen (secondary N) is 1. The van der Waals surface area contributed by atoms with Gasteiger partial charge in [0.25, 0.3) is 0 Å². The maximum Gasteiger partial charge on any atom is 0.239 e. The van der Waals surface area contributed by atoms with Crippen LogP contribution >= 0.6 is 0 Å². The third kappa shape index (κ3) is 3.18. The quantitative estimate of drug-likeness (QED) is 0.751. The summed E-state index contributed by atoms with van der Waals surface area (Å²) in [6.07, 6.45) is 0. The Labute approximate surface area is 84.3 Å². The van der Waals surface area contributed by atoms with E-state index in [9.17, 15) is 4.79 Å². The molecule has 1 aromatic rings. The average molecular weight is 192 g/mol. The van der Waals surface area contributed by atoms with Crippen molar-refractivity contribution >= 4 is 5.91 Å². The summed E-state index contributed by atoms with van der Waals surface area (Å²) in [6, 6.07) is 9.75. The fourth-order valence-corrected chi connectivity index (χ4v) is 1.01. The molecule has 0 aliphatic carbocycles. The van der Waals surface area contributed by atoms with Crippen LogP contribution in [0, 0.1) is 0 Å². The van der Waals surface area contributed by atoms with E-state index >= 15 is 0 Å². The van der Waals surface area contributed by atoms with Crippen molar-refractivity contribution < 1.29 is 4.79 Å². The van der Waals surface area contributed by atoms with Gasteiger partial charge in [0, 0.05) is 6.54 Å². The molecule has 0 fully saturated rings. The SMILES string of the molecule is CC(C)(N)C(=O)NCc1ccccc1. The Morgan fingerprint density at radius 3 is 2.43 bits per heavy atom. The molecule has 1 aromatic carbocycles. The summed E-state index contributed by atoms with van der Waals surface area (Å²) in [7, 11) is 0. The molecule has 0 bridgehead atoms. The highest BCUT2D eigenvalue weighted by atomic mass is 16.2. The molecule has 0 aliphatic heterocycles. The van der Waals surface area contributed by atoms with Crippen LogP contribution < -0.4 is 11.1 Å². The maximum atomic E-state index is 11.4. The normalized spacial score (nSPS) is 11.1. The van der Waals surface area contributed by atoms with Gasteiger partial charge in [-0.05, 0) is 19.4 Å². The average Bonchev–Trinajstić information content (AvgIpc) is 2.14. The summed E-state index contributed by atoms with van der Waals surface area (Å²) in [5.41, 5.74) is 5.89. The number of hydrogen-bond donors (Lipinski definition) is 2. The van der Waals surface area contributed by atoms with Gasteiger partial charge in [0.15, 0.2) is 0 Å². The lowest BCUT2D eigenvalue weighted by molar-refractivity contribution is -0.125. The lowest BCUT2D eigenvalue weighted by atomic mass is 10.1. The topological polar surface area (TPSA) is 55.1 Å². The van der Waals surface area contributed by atoms with Gasteiger partial charge in [-0.1, -0.05) is 30.3 Å². The molecule has 1 rings (SSSR count). The van der Waals surface area contributed by atoms with Crippen LogP contribution in [0.2, 0.25) is 0 Å². The number of rotatable bonds is 3. The minimum Gasteiger partial charge on any atom is -0.350 e. The molecule has 0 unspecified atom stereocenters. The van der Waals surface area contributed by atoms with Crippen LogP contribution in [0.25, 0.3) is 0 Å². The molecule has 3 nitrogen and oxygen atoms in total. The number of nitrogens with two attached hydrogens (primary N) is 1. The minimum atomic E-state index is -0.811. The first-order valence-electron chi connectivity index (χ1n) is 4.61. The van der Waals surface area contributed by atoms with E-state index in [4.69, 9.17) is 5.73 Å². The van der Waals surface area contributed by atoms with Gasteiger partial charge in [0.2, 0.25) is 5.91 Å². The van der Waals surface area contributed by atoms with E-state index in [2.05, 4.69) is 5.32 Å². The lowest BCUT2D eigenvalue weighted by Crippen LogP contribution is -2.48. The van der Waals surface area contributed by atoms with E-state index in [1.807, 2.05) is 30.3 Å². The number of benzene rings is 1. The third-order valence-corrected chi connectivity index (χ3v) is 1.88. The molecular weight excluding hydrogens is 176 g/mol. The fourth-order valence-electron chi connectivity index (χ4n) is 1.01. The molecule has 14 heavy (non-hydrogen) atoms. The van der Waals surface area contributed by atoms with Crippen LogP contribution in [0.4, 0.5) is 0 Å². The van der Waals surface area contributed by atoms with Gasteiger partial charge in [0.05, 0.1) is 5.54 Å². The first-order chi connectivity index (χ1) is 6.50. The highest BCUT2D eigenvalue weighted by Gasteiger charge is 2.20. The molecule has 0 aliphatic rings. The first kappa shape index (κ1) is 10.7. The summed E-state index contributed by atoms with van der Waals surface area (Å²) in [4.78, 5) is 11.4. The van der Waals surface area contributed by atoms with Gasteiger partial charge >= 0.3 is 0 Å². The van der Waals surface area contributed by atoms with Crippen LogP contribution in [0.5, 0.6) is 0 Å². The van der Waals surface area contributed by atoms with Crippen molar-refractivity contribution in [3.63, 3.8) is 0 Å². The van der Waals surface area contributed by atoms with Crippen molar-refractivity contribution in [2.24, 2.45) is 5.73 Å². The van der Waals surface area contributed by atoms with Crippen molar-refractivity contribution in [3.05, 3.63) is 35.9 Å². The molecule has 76 valence electrons. The molecule has 3 heteroatoms. The number of amides is 1. The minimum absolute atomic E-state index is 0.138. The van der Waals surface area contributed by atoms with Crippen LogP contribution in [0.15, 0.2) is 30.3 Å². The second kappa shape index (κ2) is 4.24. The van der Waals surface area contributed by atoms with Crippen LogP contribution in [0.1, 0.15) is 19.4 Å². The molecule has 0 atom stereocenters. The molecule has 0 spiro atoms. The second-order valence-electron chi connectivity index (χ2n) is 3.89. The smallest absolute Gasteiger partial charge is 0.239 e. The Hall–Kier alpha value is -1.35. The zero-order valence-electron chi connectivity index (χ0n) is 8.58. The van der Waals surface area contributed by atoms with E-state index < -0.39 is 5.54 Å². The summed E-state index contributed by atoms with van der Waals surface area (Å²) >= 11 is 0. The molecule has 0 saturated carbocycles. The molecule has 0 radical (unpaired) electrons. The van der Waals surface area contributed by atoms with E-state index in [-0.39, 0.29) is 5.91 Å². The van der Waals surface area contributed by atoms with E-state index in [0.29, 0.717) is 6.54 Å². The monoisotopic (exact) mass is 192 g/mol. The molecule has 1 amide bonds. The van der Waals surface area contributed by atoms with Gasteiger partial charge in [0.1, 0.15) is 0 Å². The number of carbonyl (C=O) groups is 1. The first-order valence-corrected chi connectivity index (χ1v) is 4.61. The Kier molecular flexibility index (Phi) is 3.25.